The van der Waals surface area contributed by atoms with Crippen molar-refractivity contribution in [3.63, 3.8) is 0 Å². The van der Waals surface area contributed by atoms with Gasteiger partial charge in [-0.1, -0.05) is 0 Å². The molecule has 0 radical (unpaired) electrons. The van der Waals surface area contributed by atoms with Crippen LogP contribution in [-0.4, -0.2) is 5.11 Å². The van der Waals surface area contributed by atoms with Crippen LogP contribution in [0.2, 0.25) is 0 Å². The van der Waals surface area contributed by atoms with Gasteiger partial charge >= 0.3 is 0 Å². The van der Waals surface area contributed by atoms with E-state index < -0.39 is 6.10 Å². The summed E-state index contributed by atoms with van der Waals surface area (Å²) in [4.78, 5) is 0.946. The zero-order valence-corrected chi connectivity index (χ0v) is 12.7. The SMILES string of the molecule is Cc1cc(C(O)c2c(C)oc(C)c2C)sc1Br. The second-order valence-corrected chi connectivity index (χ2v) is 6.66. The molecule has 2 nitrogen and oxygen atoms in total. The zero-order chi connectivity index (χ0) is 12.7. The molecule has 0 bridgehead atoms. The van der Waals surface area contributed by atoms with Crippen molar-refractivity contribution in [1.29, 1.82) is 0 Å². The maximum atomic E-state index is 10.4. The second kappa shape index (κ2) is 4.59. The van der Waals surface area contributed by atoms with Crippen LogP contribution in [0.3, 0.4) is 0 Å². The number of furan rings is 1. The first-order chi connectivity index (χ1) is 7.91. The molecule has 0 aliphatic rings. The summed E-state index contributed by atoms with van der Waals surface area (Å²) >= 11 is 5.05. The fourth-order valence-electron chi connectivity index (χ4n) is 1.97. The van der Waals surface area contributed by atoms with Crippen LogP contribution in [0, 0.1) is 27.7 Å². The number of thiophene rings is 1. The molecule has 1 unspecified atom stereocenters. The first-order valence-corrected chi connectivity index (χ1v) is 7.03. The third-order valence-corrected chi connectivity index (χ3v) is 5.23. The van der Waals surface area contributed by atoms with Gasteiger partial charge in [0.05, 0.1) is 3.79 Å². The third kappa shape index (κ3) is 2.21. The summed E-state index contributed by atoms with van der Waals surface area (Å²) in [5.74, 6) is 1.68. The summed E-state index contributed by atoms with van der Waals surface area (Å²) in [6.45, 7) is 7.83. The minimum absolute atomic E-state index is 0.595. The van der Waals surface area contributed by atoms with Crippen LogP contribution < -0.4 is 0 Å². The van der Waals surface area contributed by atoms with Crippen LogP contribution >= 0.6 is 27.3 Å². The van der Waals surface area contributed by atoms with Gasteiger partial charge in [-0.25, -0.2) is 0 Å². The van der Waals surface area contributed by atoms with Crippen LogP contribution in [0.15, 0.2) is 14.3 Å². The highest BCUT2D eigenvalue weighted by Crippen LogP contribution is 2.37. The number of hydrogen-bond acceptors (Lipinski definition) is 3. The first kappa shape index (κ1) is 12.9. The Bertz CT molecular complexity index is 535. The Hall–Kier alpha value is -0.580. The number of rotatable bonds is 2. The molecule has 92 valence electrons. The summed E-state index contributed by atoms with van der Waals surface area (Å²) in [7, 11) is 0. The summed E-state index contributed by atoms with van der Waals surface area (Å²) in [6.07, 6.45) is -0.595. The van der Waals surface area contributed by atoms with Crippen LogP contribution in [-0.2, 0) is 0 Å². The van der Waals surface area contributed by atoms with E-state index in [1.54, 1.807) is 11.3 Å². The van der Waals surface area contributed by atoms with Gasteiger partial charge in [-0.3, -0.25) is 0 Å². The number of aliphatic hydroxyl groups is 1. The Morgan fingerprint density at radius 3 is 2.29 bits per heavy atom. The Labute approximate surface area is 113 Å². The maximum Gasteiger partial charge on any atom is 0.117 e. The van der Waals surface area contributed by atoms with Gasteiger partial charge in [0.25, 0.3) is 0 Å². The topological polar surface area (TPSA) is 33.4 Å². The summed E-state index contributed by atoms with van der Waals surface area (Å²) < 4.78 is 6.63. The standard InChI is InChI=1S/C13H15BrO2S/c1-6-5-10(17-13(6)14)12(15)11-7(2)8(3)16-9(11)4/h5,12,15H,1-4H3. The molecule has 2 aromatic heterocycles. The minimum Gasteiger partial charge on any atom is -0.466 e. The Morgan fingerprint density at radius 1 is 1.24 bits per heavy atom. The van der Waals surface area contributed by atoms with Crippen molar-refractivity contribution in [2.24, 2.45) is 0 Å². The molecular formula is C13H15BrO2S. The molecular weight excluding hydrogens is 300 g/mol. The van der Waals surface area contributed by atoms with E-state index in [1.165, 1.54) is 0 Å². The van der Waals surface area contributed by atoms with Gasteiger partial charge in [0.1, 0.15) is 17.6 Å². The van der Waals surface area contributed by atoms with E-state index in [0.717, 1.165) is 36.9 Å². The van der Waals surface area contributed by atoms with Gasteiger partial charge in [-0.05, 0) is 60.8 Å². The summed E-state index contributed by atoms with van der Waals surface area (Å²) in [5.41, 5.74) is 3.09. The zero-order valence-electron chi connectivity index (χ0n) is 10.3. The van der Waals surface area contributed by atoms with Crippen molar-refractivity contribution in [2.75, 3.05) is 0 Å². The van der Waals surface area contributed by atoms with E-state index in [2.05, 4.69) is 15.9 Å². The predicted molar refractivity (Wildman–Crippen MR) is 73.7 cm³/mol. The molecule has 4 heteroatoms. The van der Waals surface area contributed by atoms with Gasteiger partial charge in [0.15, 0.2) is 0 Å². The summed E-state index contributed by atoms with van der Waals surface area (Å²) in [6, 6.07) is 2.01. The van der Waals surface area contributed by atoms with Crippen molar-refractivity contribution in [3.8, 4) is 0 Å². The van der Waals surface area contributed by atoms with Crippen molar-refractivity contribution >= 4 is 27.3 Å². The summed E-state index contributed by atoms with van der Waals surface area (Å²) in [5, 5.41) is 10.4. The maximum absolute atomic E-state index is 10.4. The molecule has 1 atom stereocenters. The van der Waals surface area contributed by atoms with Crippen molar-refractivity contribution in [3.05, 3.63) is 42.9 Å². The molecule has 0 fully saturated rings. The highest BCUT2D eigenvalue weighted by molar-refractivity contribution is 9.11. The quantitative estimate of drug-likeness (QED) is 0.890. The highest BCUT2D eigenvalue weighted by atomic mass is 79.9. The molecule has 0 aromatic carbocycles. The molecule has 0 aliphatic heterocycles. The number of aliphatic hydroxyl groups excluding tert-OH is 1. The third-order valence-electron chi connectivity index (χ3n) is 3.04. The highest BCUT2D eigenvalue weighted by Gasteiger charge is 2.22. The molecule has 0 saturated carbocycles. The molecule has 0 aliphatic carbocycles. The van der Waals surface area contributed by atoms with Crippen LogP contribution in [0.1, 0.15) is 39.2 Å². The fraction of sp³-hybridized carbons (Fsp3) is 0.385. The lowest BCUT2D eigenvalue weighted by Crippen LogP contribution is -1.99. The van der Waals surface area contributed by atoms with Gasteiger partial charge in [0.2, 0.25) is 0 Å². The molecule has 2 heterocycles. The average molecular weight is 315 g/mol. The van der Waals surface area contributed by atoms with Crippen molar-refractivity contribution < 1.29 is 9.52 Å². The van der Waals surface area contributed by atoms with Crippen LogP contribution in [0.25, 0.3) is 0 Å². The predicted octanol–water partition coefficient (Wildman–Crippen LogP) is 4.42. The second-order valence-electron chi connectivity index (χ2n) is 4.26. The Morgan fingerprint density at radius 2 is 1.88 bits per heavy atom. The normalized spacial score (nSPS) is 13.1. The molecule has 2 aromatic rings. The molecule has 17 heavy (non-hydrogen) atoms. The van der Waals surface area contributed by atoms with E-state index in [1.807, 2.05) is 33.8 Å². The van der Waals surface area contributed by atoms with Gasteiger partial charge in [-0.15, -0.1) is 11.3 Å². The smallest absolute Gasteiger partial charge is 0.117 e. The van der Waals surface area contributed by atoms with Gasteiger partial charge < -0.3 is 9.52 Å². The molecule has 0 amide bonds. The first-order valence-electron chi connectivity index (χ1n) is 5.42. The fourth-order valence-corrected chi connectivity index (χ4v) is 3.54. The van der Waals surface area contributed by atoms with E-state index in [9.17, 15) is 5.11 Å². The van der Waals surface area contributed by atoms with E-state index in [4.69, 9.17) is 4.42 Å². The van der Waals surface area contributed by atoms with E-state index in [-0.39, 0.29) is 0 Å². The monoisotopic (exact) mass is 314 g/mol. The number of hydrogen-bond donors (Lipinski definition) is 1. The van der Waals surface area contributed by atoms with E-state index >= 15 is 0 Å². The van der Waals surface area contributed by atoms with E-state index in [0.29, 0.717) is 0 Å². The molecule has 0 saturated heterocycles. The minimum atomic E-state index is -0.595. The lowest BCUT2D eigenvalue weighted by atomic mass is 10.0. The van der Waals surface area contributed by atoms with Crippen molar-refractivity contribution in [1.82, 2.24) is 0 Å². The molecule has 0 spiro atoms. The van der Waals surface area contributed by atoms with Crippen LogP contribution in [0.4, 0.5) is 0 Å². The number of aryl methyl sites for hydroxylation is 3. The Balaban J connectivity index is 2.46. The van der Waals surface area contributed by atoms with Crippen molar-refractivity contribution in [2.45, 2.75) is 33.8 Å². The molecule has 2 rings (SSSR count). The lowest BCUT2D eigenvalue weighted by Gasteiger charge is -2.08. The lowest BCUT2D eigenvalue weighted by molar-refractivity contribution is 0.221. The Kier molecular flexibility index (Phi) is 3.48. The van der Waals surface area contributed by atoms with Gasteiger partial charge in [0, 0.05) is 10.4 Å². The van der Waals surface area contributed by atoms with Gasteiger partial charge in [-0.2, -0.15) is 0 Å². The molecule has 1 N–H and O–H groups in total. The number of halogens is 1. The van der Waals surface area contributed by atoms with Crippen LogP contribution in [0.5, 0.6) is 0 Å². The largest absolute Gasteiger partial charge is 0.466 e. The average Bonchev–Trinajstić information content (AvgIpc) is 2.70.